The van der Waals surface area contributed by atoms with Crippen molar-refractivity contribution in [1.29, 1.82) is 0 Å². The van der Waals surface area contributed by atoms with Crippen LogP contribution in [0.25, 0.3) is 10.8 Å². The zero-order valence-electron chi connectivity index (χ0n) is 12.4. The first-order chi connectivity index (χ1) is 9.94. The molecule has 0 aromatic heterocycles. The Morgan fingerprint density at radius 1 is 1.10 bits per heavy atom. The van der Waals surface area contributed by atoms with Crippen molar-refractivity contribution in [2.45, 2.75) is 31.2 Å². The summed E-state index contributed by atoms with van der Waals surface area (Å²) in [5.74, 6) is 0.383. The van der Waals surface area contributed by atoms with E-state index in [0.29, 0.717) is 17.4 Å². The van der Waals surface area contributed by atoms with Crippen LogP contribution >= 0.6 is 0 Å². The molecule has 0 saturated heterocycles. The molecule has 0 fully saturated rings. The van der Waals surface area contributed by atoms with Gasteiger partial charge in [0.25, 0.3) is 0 Å². The van der Waals surface area contributed by atoms with Crippen LogP contribution in [0.5, 0.6) is 0 Å². The van der Waals surface area contributed by atoms with Crippen LogP contribution in [0.15, 0.2) is 47.4 Å². The van der Waals surface area contributed by atoms with Crippen LogP contribution in [-0.2, 0) is 10.0 Å². The van der Waals surface area contributed by atoms with Gasteiger partial charge in [0.2, 0.25) is 10.0 Å². The predicted octanol–water partition coefficient (Wildman–Crippen LogP) is 2.49. The molecule has 114 valence electrons. The number of rotatable bonds is 6. The predicted molar refractivity (Wildman–Crippen MR) is 86.6 cm³/mol. The second-order valence-corrected chi connectivity index (χ2v) is 7.34. The number of nitrogens with one attached hydrogen (secondary N) is 1. The minimum atomic E-state index is -3.57. The summed E-state index contributed by atoms with van der Waals surface area (Å²) >= 11 is 0. The minimum Gasteiger partial charge on any atom is -0.329 e. The van der Waals surface area contributed by atoms with E-state index in [1.165, 1.54) is 0 Å². The maximum atomic E-state index is 12.6. The van der Waals surface area contributed by atoms with Crippen LogP contribution in [-0.4, -0.2) is 21.0 Å². The van der Waals surface area contributed by atoms with E-state index >= 15 is 0 Å². The molecule has 5 heteroatoms. The molecule has 2 rings (SSSR count). The number of hydrogen-bond donors (Lipinski definition) is 2. The van der Waals surface area contributed by atoms with Gasteiger partial charge in [-0.25, -0.2) is 13.1 Å². The van der Waals surface area contributed by atoms with E-state index in [9.17, 15) is 8.42 Å². The Labute approximate surface area is 126 Å². The summed E-state index contributed by atoms with van der Waals surface area (Å²) in [6.07, 6.45) is 0.723. The summed E-state index contributed by atoms with van der Waals surface area (Å²) in [6, 6.07) is 12.5. The first-order valence-electron chi connectivity index (χ1n) is 7.14. The number of nitrogens with two attached hydrogens (primary N) is 1. The highest BCUT2D eigenvalue weighted by molar-refractivity contribution is 7.89. The van der Waals surface area contributed by atoms with Crippen molar-refractivity contribution in [3.8, 4) is 0 Å². The molecule has 0 saturated carbocycles. The van der Waals surface area contributed by atoms with Gasteiger partial charge in [0.1, 0.15) is 0 Å². The van der Waals surface area contributed by atoms with Gasteiger partial charge in [-0.2, -0.15) is 0 Å². The molecule has 0 aliphatic rings. The summed E-state index contributed by atoms with van der Waals surface area (Å²) in [5, 5.41) is 1.64. The highest BCUT2D eigenvalue weighted by Gasteiger charge is 2.21. The van der Waals surface area contributed by atoms with Gasteiger partial charge < -0.3 is 5.73 Å². The van der Waals surface area contributed by atoms with Crippen LogP contribution in [0.1, 0.15) is 20.3 Å². The fourth-order valence-electron chi connectivity index (χ4n) is 2.47. The monoisotopic (exact) mass is 306 g/mol. The van der Waals surface area contributed by atoms with Gasteiger partial charge >= 0.3 is 0 Å². The molecule has 0 amide bonds. The number of fused-ring (bicyclic) bond motifs is 1. The molecular formula is C16H22N2O2S. The van der Waals surface area contributed by atoms with E-state index in [0.717, 1.165) is 17.2 Å². The van der Waals surface area contributed by atoms with Crippen LogP contribution in [0.3, 0.4) is 0 Å². The SMILES string of the molecule is CC(C)CC(CN)NS(=O)(=O)c1cccc2ccccc12. The van der Waals surface area contributed by atoms with Gasteiger partial charge in [0.15, 0.2) is 0 Å². The summed E-state index contributed by atoms with van der Waals surface area (Å²) in [6.45, 7) is 4.39. The number of benzene rings is 2. The van der Waals surface area contributed by atoms with E-state index in [2.05, 4.69) is 18.6 Å². The molecule has 0 aliphatic heterocycles. The normalized spacial score (nSPS) is 13.7. The molecule has 1 atom stereocenters. The van der Waals surface area contributed by atoms with E-state index in [4.69, 9.17) is 5.73 Å². The topological polar surface area (TPSA) is 72.2 Å². The molecule has 1 unspecified atom stereocenters. The molecule has 0 heterocycles. The lowest BCUT2D eigenvalue weighted by molar-refractivity contribution is 0.465. The summed E-state index contributed by atoms with van der Waals surface area (Å²) in [7, 11) is -3.57. The Hall–Kier alpha value is -1.43. The van der Waals surface area contributed by atoms with E-state index in [1.807, 2.05) is 30.3 Å². The number of hydrogen-bond acceptors (Lipinski definition) is 3. The summed E-state index contributed by atoms with van der Waals surface area (Å²) in [5.41, 5.74) is 5.69. The molecule has 0 aliphatic carbocycles. The third kappa shape index (κ3) is 3.81. The highest BCUT2D eigenvalue weighted by Crippen LogP contribution is 2.23. The molecular weight excluding hydrogens is 284 g/mol. The molecule has 4 nitrogen and oxygen atoms in total. The maximum Gasteiger partial charge on any atom is 0.241 e. The van der Waals surface area contributed by atoms with Crippen molar-refractivity contribution in [2.24, 2.45) is 11.7 Å². The summed E-state index contributed by atoms with van der Waals surface area (Å²) in [4.78, 5) is 0.308. The second kappa shape index (κ2) is 6.56. The smallest absolute Gasteiger partial charge is 0.241 e. The van der Waals surface area contributed by atoms with Crippen LogP contribution < -0.4 is 10.5 Å². The van der Waals surface area contributed by atoms with Gasteiger partial charge in [-0.1, -0.05) is 50.2 Å². The van der Waals surface area contributed by atoms with Crippen molar-refractivity contribution in [1.82, 2.24) is 4.72 Å². The van der Waals surface area contributed by atoms with Gasteiger partial charge in [0, 0.05) is 18.0 Å². The molecule has 0 spiro atoms. The first kappa shape index (κ1) is 15.9. The number of sulfonamides is 1. The third-order valence-corrected chi connectivity index (χ3v) is 4.98. The Morgan fingerprint density at radius 2 is 1.76 bits per heavy atom. The molecule has 0 bridgehead atoms. The van der Waals surface area contributed by atoms with Crippen molar-refractivity contribution in [3.63, 3.8) is 0 Å². The van der Waals surface area contributed by atoms with Crippen LogP contribution in [0.2, 0.25) is 0 Å². The zero-order valence-corrected chi connectivity index (χ0v) is 13.2. The second-order valence-electron chi connectivity index (χ2n) is 5.66. The summed E-state index contributed by atoms with van der Waals surface area (Å²) < 4.78 is 28.0. The Balaban J connectivity index is 2.38. The van der Waals surface area contributed by atoms with Gasteiger partial charge in [0.05, 0.1) is 4.90 Å². The average Bonchev–Trinajstić information content (AvgIpc) is 2.45. The zero-order chi connectivity index (χ0) is 15.5. The van der Waals surface area contributed by atoms with E-state index < -0.39 is 10.0 Å². The molecule has 2 aromatic rings. The standard InChI is InChI=1S/C16H22N2O2S/c1-12(2)10-14(11-17)18-21(19,20)16-9-5-7-13-6-3-4-8-15(13)16/h3-9,12,14,18H,10-11,17H2,1-2H3. The molecule has 2 aromatic carbocycles. The maximum absolute atomic E-state index is 12.6. The van der Waals surface area contributed by atoms with Crippen molar-refractivity contribution in [3.05, 3.63) is 42.5 Å². The lowest BCUT2D eigenvalue weighted by atomic mass is 10.1. The third-order valence-electron chi connectivity index (χ3n) is 3.40. The van der Waals surface area contributed by atoms with Crippen LogP contribution in [0.4, 0.5) is 0 Å². The fraction of sp³-hybridized carbons (Fsp3) is 0.375. The lowest BCUT2D eigenvalue weighted by Gasteiger charge is -2.19. The fourth-order valence-corrected chi connectivity index (χ4v) is 3.97. The van der Waals surface area contributed by atoms with E-state index in [-0.39, 0.29) is 6.04 Å². The molecule has 3 N–H and O–H groups in total. The highest BCUT2D eigenvalue weighted by atomic mass is 32.2. The largest absolute Gasteiger partial charge is 0.329 e. The Morgan fingerprint density at radius 3 is 2.43 bits per heavy atom. The van der Waals surface area contributed by atoms with E-state index in [1.54, 1.807) is 12.1 Å². The molecule has 21 heavy (non-hydrogen) atoms. The minimum absolute atomic E-state index is 0.242. The Kier molecular flexibility index (Phi) is 4.98. The van der Waals surface area contributed by atoms with Gasteiger partial charge in [-0.05, 0) is 23.8 Å². The van der Waals surface area contributed by atoms with Gasteiger partial charge in [-0.3, -0.25) is 0 Å². The average molecular weight is 306 g/mol. The van der Waals surface area contributed by atoms with Gasteiger partial charge in [-0.15, -0.1) is 0 Å². The van der Waals surface area contributed by atoms with Crippen molar-refractivity contribution >= 4 is 20.8 Å². The Bertz CT molecular complexity index is 706. The van der Waals surface area contributed by atoms with Crippen molar-refractivity contribution in [2.75, 3.05) is 6.54 Å². The molecule has 0 radical (unpaired) electrons. The van der Waals surface area contributed by atoms with Crippen molar-refractivity contribution < 1.29 is 8.42 Å². The first-order valence-corrected chi connectivity index (χ1v) is 8.62. The lowest BCUT2D eigenvalue weighted by Crippen LogP contribution is -2.41. The quantitative estimate of drug-likeness (QED) is 0.861. The van der Waals surface area contributed by atoms with Crippen LogP contribution in [0, 0.1) is 5.92 Å².